The fourth-order valence-corrected chi connectivity index (χ4v) is 2.50. The van der Waals surface area contributed by atoms with E-state index in [-0.39, 0.29) is 41.6 Å². The highest BCUT2D eigenvalue weighted by Gasteiger charge is 2.18. The number of aliphatic imine (C=N–C) groups is 1. The summed E-state index contributed by atoms with van der Waals surface area (Å²) < 4.78 is 13.0. The molecule has 1 saturated heterocycles. The molecule has 1 amide bonds. The van der Waals surface area contributed by atoms with E-state index in [1.54, 1.807) is 12.1 Å². The van der Waals surface area contributed by atoms with Gasteiger partial charge < -0.3 is 20.9 Å². The maximum Gasteiger partial charge on any atom is 0.222 e. The van der Waals surface area contributed by atoms with Crippen LogP contribution in [0.15, 0.2) is 29.3 Å². The van der Waals surface area contributed by atoms with Crippen LogP contribution >= 0.6 is 24.0 Å². The fourth-order valence-electron chi connectivity index (χ4n) is 2.50. The highest BCUT2D eigenvalue weighted by molar-refractivity contribution is 14.0. The second-order valence-corrected chi connectivity index (χ2v) is 6.14. The van der Waals surface area contributed by atoms with Crippen LogP contribution < -0.4 is 16.0 Å². The molecule has 3 N–H and O–H groups in total. The Morgan fingerprint density at radius 3 is 2.40 bits per heavy atom. The maximum absolute atomic E-state index is 13.0. The molecule has 0 saturated carbocycles. The lowest BCUT2D eigenvalue weighted by Crippen LogP contribution is -2.51. The Labute approximate surface area is 165 Å². The van der Waals surface area contributed by atoms with E-state index >= 15 is 0 Å². The van der Waals surface area contributed by atoms with E-state index < -0.39 is 0 Å². The van der Waals surface area contributed by atoms with Crippen LogP contribution in [0, 0.1) is 11.7 Å². The minimum absolute atomic E-state index is 0. The number of anilines is 1. The summed E-state index contributed by atoms with van der Waals surface area (Å²) in [6, 6.07) is 6.53. The van der Waals surface area contributed by atoms with E-state index in [2.05, 4.69) is 15.2 Å². The van der Waals surface area contributed by atoms with Gasteiger partial charge in [-0.25, -0.2) is 4.39 Å². The number of nitrogens with one attached hydrogen (secondary N) is 1. The summed E-state index contributed by atoms with van der Waals surface area (Å²) in [5.74, 6) is 0.286. The maximum atomic E-state index is 13.0. The molecular weight excluding hydrogens is 436 g/mol. The second kappa shape index (κ2) is 10.4. The average Bonchev–Trinajstić information content (AvgIpc) is 2.59. The number of hydrogen-bond acceptors (Lipinski definition) is 3. The highest BCUT2D eigenvalue weighted by Crippen LogP contribution is 2.16. The number of nitrogens with two attached hydrogens (primary N) is 1. The van der Waals surface area contributed by atoms with Gasteiger partial charge in [0.15, 0.2) is 5.96 Å². The molecule has 1 aliphatic heterocycles. The van der Waals surface area contributed by atoms with Crippen LogP contribution in [0.5, 0.6) is 0 Å². The SMILES string of the molecule is CC(C)C(=O)NCCN=C(N)N1CCN(c2ccc(F)cc2)CC1.I. The Morgan fingerprint density at radius 1 is 1.24 bits per heavy atom. The minimum atomic E-state index is -0.224. The van der Waals surface area contributed by atoms with Crippen molar-refractivity contribution in [3.8, 4) is 0 Å². The first-order chi connectivity index (χ1) is 11.5. The molecular formula is C17H27FIN5O. The van der Waals surface area contributed by atoms with Gasteiger partial charge in [0.2, 0.25) is 5.91 Å². The number of carbonyl (C=O) groups is 1. The van der Waals surface area contributed by atoms with E-state index in [0.29, 0.717) is 19.0 Å². The molecule has 8 heteroatoms. The summed E-state index contributed by atoms with van der Waals surface area (Å²) in [6.45, 7) is 7.84. The number of nitrogens with zero attached hydrogens (tertiary/aromatic N) is 3. The van der Waals surface area contributed by atoms with Crippen molar-refractivity contribution >= 4 is 41.5 Å². The van der Waals surface area contributed by atoms with Crippen LogP contribution in [0.25, 0.3) is 0 Å². The first-order valence-corrected chi connectivity index (χ1v) is 8.30. The Bertz CT molecular complexity index is 571. The molecule has 0 aliphatic carbocycles. The van der Waals surface area contributed by atoms with Crippen LogP contribution in [0.3, 0.4) is 0 Å². The number of carbonyl (C=O) groups excluding carboxylic acids is 1. The molecule has 1 aromatic carbocycles. The van der Waals surface area contributed by atoms with Crippen molar-refractivity contribution in [2.75, 3.05) is 44.2 Å². The smallest absolute Gasteiger partial charge is 0.222 e. The van der Waals surface area contributed by atoms with Crippen molar-refractivity contribution in [1.82, 2.24) is 10.2 Å². The lowest BCUT2D eigenvalue weighted by molar-refractivity contribution is -0.123. The van der Waals surface area contributed by atoms with Gasteiger partial charge >= 0.3 is 0 Å². The Hall–Kier alpha value is -1.58. The van der Waals surface area contributed by atoms with Crippen molar-refractivity contribution in [2.45, 2.75) is 13.8 Å². The number of halogens is 2. The lowest BCUT2D eigenvalue weighted by atomic mass is 10.2. The molecule has 0 bridgehead atoms. The number of rotatable bonds is 5. The molecule has 25 heavy (non-hydrogen) atoms. The Kier molecular flexibility index (Phi) is 8.95. The largest absolute Gasteiger partial charge is 0.370 e. The van der Waals surface area contributed by atoms with Crippen LogP contribution in [0.1, 0.15) is 13.8 Å². The van der Waals surface area contributed by atoms with Crippen molar-refractivity contribution in [1.29, 1.82) is 0 Å². The van der Waals surface area contributed by atoms with Crippen LogP contribution in [0.4, 0.5) is 10.1 Å². The zero-order valence-corrected chi connectivity index (χ0v) is 17.1. The molecule has 140 valence electrons. The minimum Gasteiger partial charge on any atom is -0.370 e. The third-order valence-corrected chi connectivity index (χ3v) is 4.00. The van der Waals surface area contributed by atoms with Crippen LogP contribution in [0.2, 0.25) is 0 Å². The topological polar surface area (TPSA) is 74.0 Å². The molecule has 0 atom stereocenters. The summed E-state index contributed by atoms with van der Waals surface area (Å²) in [4.78, 5) is 20.0. The predicted octanol–water partition coefficient (Wildman–Crippen LogP) is 1.65. The predicted molar refractivity (Wildman–Crippen MR) is 110 cm³/mol. The van der Waals surface area contributed by atoms with E-state index in [1.807, 2.05) is 18.7 Å². The lowest BCUT2D eigenvalue weighted by Gasteiger charge is -2.36. The number of guanidine groups is 1. The molecule has 0 aromatic heterocycles. The monoisotopic (exact) mass is 463 g/mol. The molecule has 0 unspecified atom stereocenters. The standard InChI is InChI=1S/C17H26FN5O.HI/c1-13(2)16(24)20-7-8-21-17(19)23-11-9-22(10-12-23)15-5-3-14(18)4-6-15;/h3-6,13H,7-12H2,1-2H3,(H2,19,21)(H,20,24);1H. The molecule has 0 radical (unpaired) electrons. The quantitative estimate of drug-likeness (QED) is 0.302. The number of benzene rings is 1. The average molecular weight is 463 g/mol. The van der Waals surface area contributed by atoms with E-state index in [4.69, 9.17) is 5.73 Å². The summed E-state index contributed by atoms with van der Waals surface area (Å²) in [6.07, 6.45) is 0. The molecule has 0 spiro atoms. The number of amides is 1. The number of hydrogen-bond donors (Lipinski definition) is 2. The fraction of sp³-hybridized carbons (Fsp3) is 0.529. The summed E-state index contributed by atoms with van der Waals surface area (Å²) in [5.41, 5.74) is 7.04. The first kappa shape index (κ1) is 21.5. The summed E-state index contributed by atoms with van der Waals surface area (Å²) in [5, 5.41) is 2.81. The van der Waals surface area contributed by atoms with Crippen LogP contribution in [-0.2, 0) is 4.79 Å². The van der Waals surface area contributed by atoms with Crippen molar-refractivity contribution < 1.29 is 9.18 Å². The zero-order valence-electron chi connectivity index (χ0n) is 14.7. The van der Waals surface area contributed by atoms with E-state index in [0.717, 1.165) is 31.9 Å². The molecule has 2 rings (SSSR count). The van der Waals surface area contributed by atoms with Gasteiger partial charge in [0.05, 0.1) is 6.54 Å². The third-order valence-electron chi connectivity index (χ3n) is 4.00. The molecule has 1 fully saturated rings. The molecule has 1 aromatic rings. The molecule has 6 nitrogen and oxygen atoms in total. The number of piperazine rings is 1. The van der Waals surface area contributed by atoms with Gasteiger partial charge in [-0.05, 0) is 24.3 Å². The zero-order chi connectivity index (χ0) is 17.5. The van der Waals surface area contributed by atoms with Crippen LogP contribution in [-0.4, -0.2) is 56.0 Å². The normalized spacial score (nSPS) is 15.1. The Balaban J connectivity index is 0.00000312. The highest BCUT2D eigenvalue weighted by atomic mass is 127. The van der Waals surface area contributed by atoms with Gasteiger partial charge in [0.25, 0.3) is 0 Å². The van der Waals surface area contributed by atoms with Gasteiger partial charge in [-0.15, -0.1) is 24.0 Å². The van der Waals surface area contributed by atoms with Gasteiger partial charge in [-0.3, -0.25) is 9.79 Å². The van der Waals surface area contributed by atoms with E-state index in [1.165, 1.54) is 12.1 Å². The summed E-state index contributed by atoms with van der Waals surface area (Å²) in [7, 11) is 0. The summed E-state index contributed by atoms with van der Waals surface area (Å²) >= 11 is 0. The van der Waals surface area contributed by atoms with Crippen molar-refractivity contribution in [3.05, 3.63) is 30.1 Å². The van der Waals surface area contributed by atoms with Gasteiger partial charge in [-0.2, -0.15) is 0 Å². The van der Waals surface area contributed by atoms with E-state index in [9.17, 15) is 9.18 Å². The van der Waals surface area contributed by atoms with Crippen molar-refractivity contribution in [3.63, 3.8) is 0 Å². The van der Waals surface area contributed by atoms with Crippen molar-refractivity contribution in [2.24, 2.45) is 16.6 Å². The Morgan fingerprint density at radius 2 is 1.84 bits per heavy atom. The molecule has 1 aliphatic rings. The van der Waals surface area contributed by atoms with Gasteiger partial charge in [0, 0.05) is 44.3 Å². The third kappa shape index (κ3) is 6.68. The first-order valence-electron chi connectivity index (χ1n) is 8.30. The molecule has 1 heterocycles. The second-order valence-electron chi connectivity index (χ2n) is 6.14. The van der Waals surface area contributed by atoms with Gasteiger partial charge in [-0.1, -0.05) is 13.8 Å². The van der Waals surface area contributed by atoms with Gasteiger partial charge in [0.1, 0.15) is 5.82 Å².